The van der Waals surface area contributed by atoms with E-state index in [9.17, 15) is 15.3 Å². The highest BCUT2D eigenvalue weighted by molar-refractivity contribution is 5.54. The van der Waals surface area contributed by atoms with Gasteiger partial charge in [0.25, 0.3) is 0 Å². The first-order valence-electron chi connectivity index (χ1n) is 5.46. The SMILES string of the molecule is Cc1cc(NCc2ccc(O)c(O)c2O)nn1C. The molecule has 0 radical (unpaired) electrons. The van der Waals surface area contributed by atoms with Gasteiger partial charge in [-0.05, 0) is 19.1 Å². The molecule has 1 heterocycles. The Labute approximate surface area is 104 Å². The molecular formula is C12H15N3O3. The van der Waals surface area contributed by atoms with Gasteiger partial charge in [-0.1, -0.05) is 0 Å². The molecule has 0 saturated carbocycles. The number of aromatic nitrogens is 2. The van der Waals surface area contributed by atoms with Crippen LogP contribution in [0.2, 0.25) is 0 Å². The Hall–Kier alpha value is -2.37. The number of phenols is 3. The molecule has 0 unspecified atom stereocenters. The van der Waals surface area contributed by atoms with Gasteiger partial charge in [0.1, 0.15) is 5.82 Å². The number of nitrogens with zero attached hydrogens (tertiary/aromatic N) is 2. The summed E-state index contributed by atoms with van der Waals surface area (Å²) >= 11 is 0. The minimum absolute atomic E-state index is 0.302. The minimum atomic E-state index is -0.508. The molecule has 0 bridgehead atoms. The van der Waals surface area contributed by atoms with Crippen molar-refractivity contribution >= 4 is 5.82 Å². The van der Waals surface area contributed by atoms with Gasteiger partial charge in [-0.25, -0.2) is 0 Å². The molecule has 1 aromatic carbocycles. The zero-order chi connectivity index (χ0) is 13.3. The van der Waals surface area contributed by atoms with E-state index in [0.717, 1.165) is 5.69 Å². The van der Waals surface area contributed by atoms with E-state index in [1.807, 2.05) is 20.0 Å². The molecule has 0 fully saturated rings. The lowest BCUT2D eigenvalue weighted by atomic mass is 10.1. The number of aryl methyl sites for hydroxylation is 2. The van der Waals surface area contributed by atoms with Gasteiger partial charge in [-0.3, -0.25) is 4.68 Å². The maximum atomic E-state index is 9.64. The van der Waals surface area contributed by atoms with Crippen LogP contribution in [0.4, 0.5) is 5.82 Å². The predicted molar refractivity (Wildman–Crippen MR) is 66.7 cm³/mol. The molecule has 0 saturated heterocycles. The molecule has 4 N–H and O–H groups in total. The number of hydrogen-bond acceptors (Lipinski definition) is 5. The molecule has 0 aliphatic carbocycles. The van der Waals surface area contributed by atoms with Crippen molar-refractivity contribution < 1.29 is 15.3 Å². The number of hydrogen-bond donors (Lipinski definition) is 4. The zero-order valence-electron chi connectivity index (χ0n) is 10.2. The lowest BCUT2D eigenvalue weighted by molar-refractivity contribution is 0.365. The Morgan fingerprint density at radius 1 is 1.22 bits per heavy atom. The first kappa shape index (κ1) is 12.1. The molecule has 1 aromatic heterocycles. The van der Waals surface area contributed by atoms with E-state index in [1.54, 1.807) is 4.68 Å². The second-order valence-electron chi connectivity index (χ2n) is 4.09. The summed E-state index contributed by atoms with van der Waals surface area (Å²) in [5, 5.41) is 35.5. The first-order valence-corrected chi connectivity index (χ1v) is 5.46. The van der Waals surface area contributed by atoms with Crippen molar-refractivity contribution in [3.05, 3.63) is 29.5 Å². The van der Waals surface area contributed by atoms with Crippen molar-refractivity contribution in [2.75, 3.05) is 5.32 Å². The van der Waals surface area contributed by atoms with Gasteiger partial charge in [-0.2, -0.15) is 5.10 Å². The summed E-state index contributed by atoms with van der Waals surface area (Å²) in [7, 11) is 1.84. The van der Waals surface area contributed by atoms with E-state index in [4.69, 9.17) is 0 Å². The highest BCUT2D eigenvalue weighted by atomic mass is 16.3. The van der Waals surface area contributed by atoms with Crippen molar-refractivity contribution in [3.8, 4) is 17.2 Å². The standard InChI is InChI=1S/C12H15N3O3/c1-7-5-10(14-15(7)2)13-6-8-3-4-9(16)12(18)11(8)17/h3-5,16-18H,6H2,1-2H3,(H,13,14). The summed E-state index contributed by atoms with van der Waals surface area (Å²) in [5.41, 5.74) is 1.49. The molecule has 2 aromatic rings. The maximum Gasteiger partial charge on any atom is 0.200 e. The smallest absolute Gasteiger partial charge is 0.200 e. The zero-order valence-corrected chi connectivity index (χ0v) is 10.2. The van der Waals surface area contributed by atoms with E-state index < -0.39 is 5.75 Å². The van der Waals surface area contributed by atoms with Crippen LogP contribution in [0.15, 0.2) is 18.2 Å². The number of nitrogens with one attached hydrogen (secondary N) is 1. The number of aromatic hydroxyl groups is 3. The molecule has 96 valence electrons. The van der Waals surface area contributed by atoms with Gasteiger partial charge in [0.2, 0.25) is 5.75 Å². The molecule has 0 aliphatic heterocycles. The van der Waals surface area contributed by atoms with E-state index in [1.165, 1.54) is 12.1 Å². The summed E-state index contributed by atoms with van der Waals surface area (Å²) in [5.74, 6) is -0.492. The Kier molecular flexibility index (Phi) is 3.01. The molecule has 2 rings (SSSR count). The fraction of sp³-hybridized carbons (Fsp3) is 0.250. The molecule has 0 spiro atoms. The van der Waals surface area contributed by atoms with Gasteiger partial charge in [0.15, 0.2) is 11.5 Å². The maximum absolute atomic E-state index is 9.64. The Morgan fingerprint density at radius 2 is 1.94 bits per heavy atom. The summed E-state index contributed by atoms with van der Waals surface area (Å²) < 4.78 is 1.73. The number of phenolic OH excluding ortho intramolecular Hbond substituents is 3. The van der Waals surface area contributed by atoms with Crippen LogP contribution >= 0.6 is 0 Å². The quantitative estimate of drug-likeness (QED) is 0.618. The van der Waals surface area contributed by atoms with Gasteiger partial charge in [-0.15, -0.1) is 0 Å². The highest BCUT2D eigenvalue weighted by Crippen LogP contribution is 2.37. The van der Waals surface area contributed by atoms with Gasteiger partial charge in [0.05, 0.1) is 0 Å². The first-order chi connectivity index (χ1) is 8.49. The van der Waals surface area contributed by atoms with Crippen LogP contribution in [0.5, 0.6) is 17.2 Å². The molecule has 0 amide bonds. The summed E-state index contributed by atoms with van der Waals surface area (Å²) in [6.07, 6.45) is 0. The number of anilines is 1. The fourth-order valence-corrected chi connectivity index (χ4v) is 1.59. The predicted octanol–water partition coefficient (Wildman–Crippen LogP) is 1.46. The molecular weight excluding hydrogens is 234 g/mol. The van der Waals surface area contributed by atoms with E-state index in [0.29, 0.717) is 17.9 Å². The van der Waals surface area contributed by atoms with Crippen molar-refractivity contribution in [1.82, 2.24) is 9.78 Å². The molecule has 0 atom stereocenters. The number of rotatable bonds is 3. The normalized spacial score (nSPS) is 10.6. The number of benzene rings is 1. The largest absolute Gasteiger partial charge is 0.504 e. The monoisotopic (exact) mass is 249 g/mol. The Bertz CT molecular complexity index is 559. The van der Waals surface area contributed by atoms with Gasteiger partial charge < -0.3 is 20.6 Å². The molecule has 6 nitrogen and oxygen atoms in total. The van der Waals surface area contributed by atoms with Gasteiger partial charge in [0, 0.05) is 30.9 Å². The summed E-state index contributed by atoms with van der Waals surface area (Å²) in [4.78, 5) is 0. The average Bonchev–Trinajstić information content (AvgIpc) is 2.65. The third-order valence-corrected chi connectivity index (χ3v) is 2.79. The molecule has 18 heavy (non-hydrogen) atoms. The van der Waals surface area contributed by atoms with Crippen molar-refractivity contribution in [3.63, 3.8) is 0 Å². The van der Waals surface area contributed by atoms with E-state index >= 15 is 0 Å². The van der Waals surface area contributed by atoms with Crippen LogP contribution in [0, 0.1) is 6.92 Å². The lowest BCUT2D eigenvalue weighted by Gasteiger charge is -2.08. The Balaban J connectivity index is 2.13. The van der Waals surface area contributed by atoms with Crippen LogP contribution < -0.4 is 5.32 Å². The van der Waals surface area contributed by atoms with Crippen LogP contribution in [-0.2, 0) is 13.6 Å². The summed E-state index contributed by atoms with van der Waals surface area (Å²) in [6, 6.07) is 4.74. The summed E-state index contributed by atoms with van der Waals surface area (Å²) in [6.45, 7) is 2.23. The van der Waals surface area contributed by atoms with Crippen LogP contribution in [-0.4, -0.2) is 25.1 Å². The van der Waals surface area contributed by atoms with Crippen LogP contribution in [0.25, 0.3) is 0 Å². The van der Waals surface area contributed by atoms with Crippen LogP contribution in [0.1, 0.15) is 11.3 Å². The van der Waals surface area contributed by atoms with Crippen molar-refractivity contribution in [2.24, 2.45) is 7.05 Å². The third kappa shape index (κ3) is 2.17. The van der Waals surface area contributed by atoms with E-state index in [2.05, 4.69) is 10.4 Å². The lowest BCUT2D eigenvalue weighted by Crippen LogP contribution is -2.01. The Morgan fingerprint density at radius 3 is 2.56 bits per heavy atom. The van der Waals surface area contributed by atoms with E-state index in [-0.39, 0.29) is 11.5 Å². The van der Waals surface area contributed by atoms with Crippen LogP contribution in [0.3, 0.4) is 0 Å². The second-order valence-corrected chi connectivity index (χ2v) is 4.09. The third-order valence-electron chi connectivity index (χ3n) is 2.79. The topological polar surface area (TPSA) is 90.5 Å². The minimum Gasteiger partial charge on any atom is -0.504 e. The average molecular weight is 249 g/mol. The molecule has 0 aliphatic rings. The van der Waals surface area contributed by atoms with Crippen molar-refractivity contribution in [1.29, 1.82) is 0 Å². The van der Waals surface area contributed by atoms with Crippen molar-refractivity contribution in [2.45, 2.75) is 13.5 Å². The fourth-order valence-electron chi connectivity index (χ4n) is 1.59. The second kappa shape index (κ2) is 4.48. The highest BCUT2D eigenvalue weighted by Gasteiger charge is 2.11. The molecule has 6 heteroatoms. The van der Waals surface area contributed by atoms with Gasteiger partial charge >= 0.3 is 0 Å².